The zero-order chi connectivity index (χ0) is 22.4. The number of carbonyl (C=O) groups excluding carboxylic acids is 1. The summed E-state index contributed by atoms with van der Waals surface area (Å²) in [6.45, 7) is 6.11. The average molecular weight is 423 g/mol. The molecule has 0 aromatic rings. The molecule has 0 aliphatic heterocycles. The van der Waals surface area contributed by atoms with Gasteiger partial charge in [0.05, 0.1) is 24.7 Å². The molecule has 0 bridgehead atoms. The normalized spacial score (nSPS) is 31.4. The molecule has 0 heterocycles. The van der Waals surface area contributed by atoms with E-state index in [4.69, 9.17) is 5.11 Å². The Hall–Kier alpha value is -1.50. The van der Waals surface area contributed by atoms with Crippen molar-refractivity contribution >= 4 is 11.8 Å². The Morgan fingerprint density at radius 3 is 2.57 bits per heavy atom. The number of aliphatic hydroxyl groups excluding tert-OH is 3. The molecule has 0 fully saturated rings. The molecule has 170 valence electrons. The lowest BCUT2D eigenvalue weighted by Gasteiger charge is -2.43. The van der Waals surface area contributed by atoms with Gasteiger partial charge in [0.2, 0.25) is 0 Å². The molecular weight excluding hydrogens is 384 g/mol. The van der Waals surface area contributed by atoms with E-state index in [1.165, 1.54) is 0 Å². The van der Waals surface area contributed by atoms with Crippen LogP contribution in [0.15, 0.2) is 23.8 Å². The second kappa shape index (κ2) is 11.2. The molecule has 6 heteroatoms. The standard InChI is InChI=1S/C24H38O6/c1-4-14(2)22(28)11-17-10-19(26)9-16-6-5-15(3)21(24(16)17)8-7-18(25)12-20(27)13-23(29)30/h5-6,9,14-15,17-21,24-27H,4,7-8,10-13H2,1-3H3,(H,29,30)/t14-,15-,17+,18+,19+,20+,21?,24+/m0/s1. The Kier molecular flexibility index (Phi) is 9.26. The molecule has 0 spiro atoms. The van der Waals surface area contributed by atoms with Crippen molar-refractivity contribution in [3.63, 3.8) is 0 Å². The van der Waals surface area contributed by atoms with E-state index in [1.807, 2.05) is 19.9 Å². The zero-order valence-electron chi connectivity index (χ0n) is 18.4. The molecule has 8 atom stereocenters. The maximum Gasteiger partial charge on any atom is 0.305 e. The molecule has 1 unspecified atom stereocenters. The molecule has 30 heavy (non-hydrogen) atoms. The fourth-order valence-corrected chi connectivity index (χ4v) is 5.07. The quantitative estimate of drug-likeness (QED) is 0.407. The first kappa shape index (κ1) is 24.8. The van der Waals surface area contributed by atoms with Gasteiger partial charge in [0, 0.05) is 12.3 Å². The fraction of sp³-hybridized carbons (Fsp3) is 0.750. The van der Waals surface area contributed by atoms with Gasteiger partial charge in [0.25, 0.3) is 0 Å². The first-order valence-electron chi connectivity index (χ1n) is 11.3. The topological polar surface area (TPSA) is 115 Å². The summed E-state index contributed by atoms with van der Waals surface area (Å²) in [7, 11) is 0. The van der Waals surface area contributed by atoms with E-state index in [1.54, 1.807) is 0 Å². The highest BCUT2D eigenvalue weighted by atomic mass is 16.4. The van der Waals surface area contributed by atoms with Crippen molar-refractivity contribution < 1.29 is 30.0 Å². The second-order valence-corrected chi connectivity index (χ2v) is 9.34. The number of hydrogen-bond donors (Lipinski definition) is 4. The molecule has 4 N–H and O–H groups in total. The van der Waals surface area contributed by atoms with Crippen LogP contribution >= 0.6 is 0 Å². The number of Topliss-reactive ketones (excluding diaryl/α,β-unsaturated/α-hetero) is 1. The maximum absolute atomic E-state index is 12.7. The molecule has 0 saturated heterocycles. The van der Waals surface area contributed by atoms with Crippen molar-refractivity contribution in [2.24, 2.45) is 29.6 Å². The van der Waals surface area contributed by atoms with Crippen LogP contribution in [0.5, 0.6) is 0 Å². The highest BCUT2D eigenvalue weighted by Gasteiger charge is 2.40. The first-order valence-corrected chi connectivity index (χ1v) is 11.3. The van der Waals surface area contributed by atoms with E-state index in [2.05, 4.69) is 19.1 Å². The largest absolute Gasteiger partial charge is 0.481 e. The highest BCUT2D eigenvalue weighted by Crippen LogP contribution is 2.47. The van der Waals surface area contributed by atoms with Crippen LogP contribution in [0.3, 0.4) is 0 Å². The Bertz CT molecular complexity index is 654. The van der Waals surface area contributed by atoms with Gasteiger partial charge < -0.3 is 20.4 Å². The van der Waals surface area contributed by atoms with E-state index < -0.39 is 24.3 Å². The van der Waals surface area contributed by atoms with Crippen LogP contribution in [0, 0.1) is 29.6 Å². The van der Waals surface area contributed by atoms with Gasteiger partial charge in [0.15, 0.2) is 0 Å². The number of aliphatic carboxylic acids is 1. The van der Waals surface area contributed by atoms with Crippen LogP contribution in [0.4, 0.5) is 0 Å². The van der Waals surface area contributed by atoms with Crippen LogP contribution in [-0.2, 0) is 9.59 Å². The third-order valence-electron chi connectivity index (χ3n) is 6.96. The van der Waals surface area contributed by atoms with Gasteiger partial charge >= 0.3 is 5.97 Å². The minimum atomic E-state index is -1.08. The monoisotopic (exact) mass is 422 g/mol. The lowest BCUT2D eigenvalue weighted by Crippen LogP contribution is -2.38. The number of rotatable bonds is 11. The summed E-state index contributed by atoms with van der Waals surface area (Å²) < 4.78 is 0. The predicted molar refractivity (Wildman–Crippen MR) is 115 cm³/mol. The molecule has 2 aliphatic carbocycles. The van der Waals surface area contributed by atoms with Crippen LogP contribution in [-0.4, -0.2) is 50.5 Å². The SMILES string of the molecule is CC[C@H](C)C(=O)C[C@H]1C[C@H](O)C=C2C=C[C@H](C)C(CC[C@@H](O)C[C@@H](O)CC(=O)O)[C@H]21. The third-order valence-corrected chi connectivity index (χ3v) is 6.96. The van der Waals surface area contributed by atoms with Crippen LogP contribution in [0.2, 0.25) is 0 Å². The fourth-order valence-electron chi connectivity index (χ4n) is 5.07. The summed E-state index contributed by atoms with van der Waals surface area (Å²) >= 11 is 0. The van der Waals surface area contributed by atoms with Gasteiger partial charge in [-0.2, -0.15) is 0 Å². The minimum Gasteiger partial charge on any atom is -0.481 e. The van der Waals surface area contributed by atoms with Crippen molar-refractivity contribution in [1.82, 2.24) is 0 Å². The van der Waals surface area contributed by atoms with E-state index in [-0.39, 0.29) is 48.2 Å². The minimum absolute atomic E-state index is 0.0176. The Labute approximate surface area is 179 Å². The van der Waals surface area contributed by atoms with Crippen LogP contribution in [0.1, 0.15) is 65.7 Å². The van der Waals surface area contributed by atoms with Crippen molar-refractivity contribution in [2.45, 2.75) is 84.0 Å². The maximum atomic E-state index is 12.7. The molecule has 0 aromatic carbocycles. The molecule has 2 aliphatic rings. The zero-order valence-corrected chi connectivity index (χ0v) is 18.4. The van der Waals surface area contributed by atoms with Crippen molar-refractivity contribution in [2.75, 3.05) is 0 Å². The van der Waals surface area contributed by atoms with Gasteiger partial charge in [0.1, 0.15) is 5.78 Å². The van der Waals surface area contributed by atoms with E-state index >= 15 is 0 Å². The van der Waals surface area contributed by atoms with Gasteiger partial charge in [-0.05, 0) is 61.3 Å². The van der Waals surface area contributed by atoms with Gasteiger partial charge in [-0.1, -0.05) is 39.0 Å². The van der Waals surface area contributed by atoms with Crippen molar-refractivity contribution in [3.8, 4) is 0 Å². The Morgan fingerprint density at radius 2 is 1.93 bits per heavy atom. The van der Waals surface area contributed by atoms with Crippen molar-refractivity contribution in [3.05, 3.63) is 23.8 Å². The number of hydrogen-bond acceptors (Lipinski definition) is 5. The molecule has 0 saturated carbocycles. The first-order chi connectivity index (χ1) is 14.1. The van der Waals surface area contributed by atoms with Crippen molar-refractivity contribution in [1.29, 1.82) is 0 Å². The lowest BCUT2D eigenvalue weighted by atomic mass is 9.62. The summed E-state index contributed by atoms with van der Waals surface area (Å²) in [5, 5.41) is 39.2. The van der Waals surface area contributed by atoms with Gasteiger partial charge in [-0.15, -0.1) is 0 Å². The number of carbonyl (C=O) groups is 2. The predicted octanol–water partition coefficient (Wildman–Crippen LogP) is 3.10. The van der Waals surface area contributed by atoms with Crippen LogP contribution in [0.25, 0.3) is 0 Å². The number of aliphatic hydroxyl groups is 3. The molecule has 0 radical (unpaired) electrons. The number of carboxylic acid groups (broad SMARTS) is 1. The smallest absolute Gasteiger partial charge is 0.305 e. The summed E-state index contributed by atoms with van der Waals surface area (Å²) in [6, 6.07) is 0. The lowest BCUT2D eigenvalue weighted by molar-refractivity contribution is -0.139. The average Bonchev–Trinajstić information content (AvgIpc) is 2.65. The van der Waals surface area contributed by atoms with E-state index in [0.717, 1.165) is 18.4 Å². The summed E-state index contributed by atoms with van der Waals surface area (Å²) in [6.07, 6.45) is 6.46. The molecule has 6 nitrogen and oxygen atoms in total. The molecule has 0 amide bonds. The van der Waals surface area contributed by atoms with Gasteiger partial charge in [-0.25, -0.2) is 0 Å². The second-order valence-electron chi connectivity index (χ2n) is 9.34. The van der Waals surface area contributed by atoms with E-state index in [0.29, 0.717) is 19.3 Å². The van der Waals surface area contributed by atoms with E-state index in [9.17, 15) is 24.9 Å². The number of ketones is 1. The summed E-state index contributed by atoms with van der Waals surface area (Å²) in [4.78, 5) is 23.4. The van der Waals surface area contributed by atoms with Gasteiger partial charge in [-0.3, -0.25) is 9.59 Å². The third kappa shape index (κ3) is 6.76. The number of allylic oxidation sites excluding steroid dienone is 3. The molecule has 2 rings (SSSR count). The van der Waals surface area contributed by atoms with Crippen LogP contribution < -0.4 is 0 Å². The summed E-state index contributed by atoms with van der Waals surface area (Å²) in [5.41, 5.74) is 1.08. The number of carboxylic acids is 1. The Morgan fingerprint density at radius 1 is 1.23 bits per heavy atom. The highest BCUT2D eigenvalue weighted by molar-refractivity contribution is 5.81. The Balaban J connectivity index is 2.09. The number of fused-ring (bicyclic) bond motifs is 1. The molecular formula is C24H38O6. The molecule has 0 aromatic heterocycles. The summed E-state index contributed by atoms with van der Waals surface area (Å²) in [5.74, 6) is -0.0661.